The van der Waals surface area contributed by atoms with Gasteiger partial charge in [0.25, 0.3) is 0 Å². The molecule has 0 N–H and O–H groups in total. The maximum absolute atomic E-state index is 2.27. The summed E-state index contributed by atoms with van der Waals surface area (Å²) in [7, 11) is 0. The Labute approximate surface area is 549 Å². The van der Waals surface area contributed by atoms with E-state index in [1.54, 1.807) is 0 Å². The van der Waals surface area contributed by atoms with Crippen molar-refractivity contribution in [1.82, 2.24) is 0 Å². The predicted molar refractivity (Wildman–Crippen MR) is 180 cm³/mol. The molecular formula is C36H52Mo8N4O26-48. The third kappa shape index (κ3) is 125. The number of pyridine rings is 4. The van der Waals surface area contributed by atoms with Crippen LogP contribution < -0.4 is 18.3 Å². The molecule has 0 bridgehead atoms. The van der Waals surface area contributed by atoms with Gasteiger partial charge in [0, 0.05) is 243 Å². The van der Waals surface area contributed by atoms with Crippen molar-refractivity contribution in [2.45, 2.75) is 103 Å². The van der Waals surface area contributed by atoms with Crippen LogP contribution in [0.2, 0.25) is 0 Å². The second-order valence-corrected chi connectivity index (χ2v) is 10.7. The Morgan fingerprint density at radius 1 is 0.135 bits per heavy atom. The number of unbranched alkanes of at least 4 members (excludes halogenated alkanes) is 10. The zero-order valence-electron chi connectivity index (χ0n) is 38.5. The van der Waals surface area contributed by atoms with Gasteiger partial charge in [0.2, 0.25) is 0 Å². The summed E-state index contributed by atoms with van der Waals surface area (Å²) in [6.45, 7) is 4.61. The molecule has 4 aromatic heterocycles. The molecule has 4 rings (SSSR count). The van der Waals surface area contributed by atoms with Gasteiger partial charge >= 0.3 is 0 Å². The van der Waals surface area contributed by atoms with E-state index >= 15 is 0 Å². The predicted octanol–water partition coefficient (Wildman–Crippen LogP) is 3.50. The molecule has 0 aromatic carbocycles. The molecule has 4 heterocycles. The molecular weight excluding hydrogens is 1670 g/mol. The van der Waals surface area contributed by atoms with Gasteiger partial charge in [-0.1, -0.05) is 49.9 Å². The van der Waals surface area contributed by atoms with E-state index in [9.17, 15) is 0 Å². The molecule has 0 spiro atoms. The molecule has 468 valence electrons. The van der Waals surface area contributed by atoms with Crippen molar-refractivity contribution in [2.75, 3.05) is 0 Å². The zero-order chi connectivity index (χ0) is 27.8. The summed E-state index contributed by atoms with van der Waals surface area (Å²) < 4.78 is 9.08. The van der Waals surface area contributed by atoms with Crippen LogP contribution in [0.4, 0.5) is 0 Å². The summed E-state index contributed by atoms with van der Waals surface area (Å²) >= 11 is 0. The van der Waals surface area contributed by atoms with E-state index in [1.807, 2.05) is 0 Å². The molecule has 0 atom stereocenters. The van der Waals surface area contributed by atoms with Gasteiger partial charge in [-0.3, -0.25) is 0 Å². The minimum atomic E-state index is 0. The van der Waals surface area contributed by atoms with E-state index in [0.717, 1.165) is 26.2 Å². The SMILES string of the molecule is [Mo].[Mo].[Mo].[Mo].[Mo].[Mo].[Mo].[Mo].[O-2].[O-2].[O-2].[O-2].[O-2].[O-2].[O-2].[O-2].[O-2].[O-2].[O-2].[O-2].[O-2].[O-2].[O-2].[O-2].[O-2].[O-2].[O-2].[O-2].[O-2].[O-2].[O-2].[O-2].[O-2].[O-2].c1cc[n+](CCCCCCCC[n+]2ccccc2)cc1.c1cc[n+](CCCCCCCC[n+]2ccccc2)cc1. The topological polar surface area (TPSA) is 757 Å². The first-order valence-electron chi connectivity index (χ1n) is 15.7. The van der Waals surface area contributed by atoms with Gasteiger partial charge in [-0.15, -0.1) is 0 Å². The quantitative estimate of drug-likeness (QED) is 0.0785. The fourth-order valence-electron chi connectivity index (χ4n) is 4.93. The Morgan fingerprint density at radius 2 is 0.230 bits per heavy atom. The minimum Gasteiger partial charge on any atom is -2.00 e. The second kappa shape index (κ2) is 164. The van der Waals surface area contributed by atoms with Gasteiger partial charge in [-0.05, 0) is 25.7 Å². The van der Waals surface area contributed by atoms with Gasteiger partial charge in [-0.25, -0.2) is 18.3 Å². The number of rotatable bonds is 18. The van der Waals surface area contributed by atoms with Gasteiger partial charge in [0.15, 0.2) is 49.6 Å². The van der Waals surface area contributed by atoms with Gasteiger partial charge < -0.3 is 142 Å². The van der Waals surface area contributed by atoms with Crippen molar-refractivity contribution in [1.29, 1.82) is 0 Å². The molecule has 0 unspecified atom stereocenters. The molecule has 0 amide bonds. The Bertz CT molecular complexity index is 1010. The molecule has 30 nitrogen and oxygen atoms in total. The fraction of sp³-hybridized carbons (Fsp3) is 0.444. The monoisotopic (exact) mass is 1740 g/mol. The summed E-state index contributed by atoms with van der Waals surface area (Å²) in [6, 6.07) is 25.1. The molecule has 0 saturated carbocycles. The third-order valence-electron chi connectivity index (χ3n) is 7.27. The van der Waals surface area contributed by atoms with Crippen LogP contribution >= 0.6 is 0 Å². The maximum Gasteiger partial charge on any atom is 0.168 e. The molecule has 0 aliphatic carbocycles. The summed E-state index contributed by atoms with van der Waals surface area (Å²) in [6.07, 6.45) is 33.2. The van der Waals surface area contributed by atoms with Gasteiger partial charge in [0.05, 0.1) is 0 Å². The van der Waals surface area contributed by atoms with Crippen LogP contribution in [0.25, 0.3) is 0 Å². The molecule has 38 heteroatoms. The largest absolute Gasteiger partial charge is 2.00 e. The molecule has 4 aromatic rings. The summed E-state index contributed by atoms with van der Waals surface area (Å²) in [4.78, 5) is 0. The molecule has 74 heavy (non-hydrogen) atoms. The Balaban J connectivity index is -0.0000000109. The van der Waals surface area contributed by atoms with Crippen molar-refractivity contribution in [3.8, 4) is 0 Å². The molecule has 0 aliphatic heterocycles. The van der Waals surface area contributed by atoms with Crippen LogP contribution in [0, 0.1) is 0 Å². The van der Waals surface area contributed by atoms with E-state index in [1.165, 1.54) is 77.0 Å². The minimum absolute atomic E-state index is 0. The number of hydrogen-bond acceptors (Lipinski definition) is 0. The summed E-state index contributed by atoms with van der Waals surface area (Å²) in [5.74, 6) is 0. The van der Waals surface area contributed by atoms with Crippen molar-refractivity contribution >= 4 is 0 Å². The van der Waals surface area contributed by atoms with E-state index in [4.69, 9.17) is 0 Å². The smallest absolute Gasteiger partial charge is 0.168 e. The van der Waals surface area contributed by atoms with Crippen LogP contribution in [0.15, 0.2) is 122 Å². The normalized spacial score (nSPS) is 5.73. The average molecular weight is 1720 g/mol. The van der Waals surface area contributed by atoms with Crippen molar-refractivity contribution in [3.05, 3.63) is 122 Å². The third-order valence-corrected chi connectivity index (χ3v) is 7.27. The first-order valence-corrected chi connectivity index (χ1v) is 15.7. The zero-order valence-corrected chi connectivity index (χ0v) is 54.6. The van der Waals surface area contributed by atoms with Crippen LogP contribution in [0.1, 0.15) is 77.0 Å². The van der Waals surface area contributed by atoms with Crippen LogP contribution in [-0.4, -0.2) is 0 Å². The van der Waals surface area contributed by atoms with Gasteiger partial charge in [-0.2, -0.15) is 0 Å². The summed E-state index contributed by atoms with van der Waals surface area (Å²) in [5, 5.41) is 0. The number of aryl methyl sites for hydroxylation is 4. The van der Waals surface area contributed by atoms with E-state index < -0.39 is 0 Å². The molecule has 0 fully saturated rings. The van der Waals surface area contributed by atoms with Crippen LogP contribution in [0.3, 0.4) is 0 Å². The standard InChI is InChI=1S/2C18H26N2.8Mo.26O/c2*1(3-7-13-19-15-9-5-10-16-19)2-4-8-14-20-17-11-6-12-18-20;;;;;;;;;;;;;;;;;;;;;;;;;;;;;;;;;;/h2*5-6,9-12,15-18H,1-4,7-8,13-14H2;;;;;;;;;;;;;;;;;;;;;;;;;;;;;;;;;;/q2*+2;;;;;;;;;26*-2. The summed E-state index contributed by atoms with van der Waals surface area (Å²) in [5.41, 5.74) is 0. The number of aromatic nitrogens is 4. The number of hydrogen-bond donors (Lipinski definition) is 0. The number of nitrogens with zero attached hydrogens (tertiary/aromatic N) is 4. The second-order valence-electron chi connectivity index (χ2n) is 10.7. The van der Waals surface area contributed by atoms with E-state index in [-0.39, 0.29) is 311 Å². The van der Waals surface area contributed by atoms with E-state index in [2.05, 4.69) is 141 Å². The van der Waals surface area contributed by atoms with Crippen LogP contribution in [-0.2, 0) is 337 Å². The van der Waals surface area contributed by atoms with Crippen molar-refractivity contribution in [3.63, 3.8) is 0 Å². The Morgan fingerprint density at radius 3 is 0.338 bits per heavy atom. The fourth-order valence-corrected chi connectivity index (χ4v) is 4.93. The Hall–Kier alpha value is 1.07. The van der Waals surface area contributed by atoms with Gasteiger partial charge in [0.1, 0.15) is 26.2 Å². The Kier molecular flexibility index (Phi) is 493. The maximum atomic E-state index is 2.27. The average Bonchev–Trinajstić information content (AvgIpc) is 3.02. The molecule has 0 radical (unpaired) electrons. The van der Waals surface area contributed by atoms with Crippen molar-refractivity contribution < 1.29 is 329 Å². The van der Waals surface area contributed by atoms with E-state index in [0.29, 0.717) is 0 Å². The molecule has 0 aliphatic rings. The van der Waals surface area contributed by atoms with Crippen molar-refractivity contribution in [2.24, 2.45) is 0 Å². The van der Waals surface area contributed by atoms with Crippen LogP contribution in [0.5, 0.6) is 0 Å². The first-order chi connectivity index (χ1) is 19.9. The first kappa shape index (κ1) is 222. The molecule has 0 saturated heterocycles.